The molecule has 0 aliphatic carbocycles. The van der Waals surface area contributed by atoms with Gasteiger partial charge in [0.25, 0.3) is 0 Å². The van der Waals surface area contributed by atoms with E-state index in [1.54, 1.807) is 7.11 Å². The van der Waals surface area contributed by atoms with Crippen LogP contribution < -0.4 is 10.2 Å². The van der Waals surface area contributed by atoms with Crippen LogP contribution in [0.4, 0.5) is 5.69 Å². The second-order valence-electron chi connectivity index (χ2n) is 5.47. The summed E-state index contributed by atoms with van der Waals surface area (Å²) in [4.78, 5) is 2.36. The van der Waals surface area contributed by atoms with Gasteiger partial charge in [-0.3, -0.25) is 0 Å². The van der Waals surface area contributed by atoms with Crippen LogP contribution in [0.5, 0.6) is 0 Å². The Hall–Kier alpha value is -0.620. The fourth-order valence-corrected chi connectivity index (χ4v) is 3.29. The molecule has 1 unspecified atom stereocenters. The lowest BCUT2D eigenvalue weighted by molar-refractivity contribution is 0.199. The van der Waals surface area contributed by atoms with Gasteiger partial charge in [0.2, 0.25) is 0 Å². The summed E-state index contributed by atoms with van der Waals surface area (Å²) in [6.45, 7) is 3.62. The third-order valence-electron chi connectivity index (χ3n) is 3.99. The number of rotatable bonds is 7. The van der Waals surface area contributed by atoms with Gasteiger partial charge < -0.3 is 20.1 Å². The number of ether oxygens (including phenoxy) is 1. The van der Waals surface area contributed by atoms with Gasteiger partial charge in [-0.15, -0.1) is 0 Å². The van der Waals surface area contributed by atoms with Crippen LogP contribution in [0.25, 0.3) is 0 Å². The molecule has 0 radical (unpaired) electrons. The molecule has 1 heterocycles. The molecular weight excluding hydrogens is 332 g/mol. The van der Waals surface area contributed by atoms with Crippen LogP contribution in [0.2, 0.25) is 0 Å². The first kappa shape index (κ1) is 16.7. The number of halogens is 1. The van der Waals surface area contributed by atoms with E-state index in [2.05, 4.69) is 44.3 Å². The summed E-state index contributed by atoms with van der Waals surface area (Å²) in [5.41, 5.74) is 2.50. The highest BCUT2D eigenvalue weighted by molar-refractivity contribution is 9.10. The summed E-state index contributed by atoms with van der Waals surface area (Å²) in [5, 5.41) is 13.0. The van der Waals surface area contributed by atoms with E-state index in [1.165, 1.54) is 24.1 Å². The predicted octanol–water partition coefficient (Wildman–Crippen LogP) is 2.54. The molecule has 2 rings (SSSR count). The normalized spacial score (nSPS) is 19.0. The number of nitrogens with one attached hydrogen (secondary N) is 1. The van der Waals surface area contributed by atoms with Crippen molar-refractivity contribution in [3.8, 4) is 0 Å². The smallest absolute Gasteiger partial charge is 0.0635 e. The SMILES string of the molecule is COCCNCc1cc(Br)ccc1N1CCCCC1CO. The number of benzene rings is 1. The van der Waals surface area contributed by atoms with Crippen molar-refractivity contribution in [2.75, 3.05) is 38.3 Å². The van der Waals surface area contributed by atoms with E-state index in [9.17, 15) is 5.11 Å². The summed E-state index contributed by atoms with van der Waals surface area (Å²) in [6.07, 6.45) is 3.48. The van der Waals surface area contributed by atoms with Crippen molar-refractivity contribution in [2.45, 2.75) is 31.8 Å². The van der Waals surface area contributed by atoms with Crippen molar-refractivity contribution in [1.29, 1.82) is 0 Å². The third-order valence-corrected chi connectivity index (χ3v) is 4.48. The monoisotopic (exact) mass is 356 g/mol. The Kier molecular flexibility index (Phi) is 6.96. The number of anilines is 1. The maximum Gasteiger partial charge on any atom is 0.0635 e. The Morgan fingerprint density at radius 2 is 2.29 bits per heavy atom. The summed E-state index contributed by atoms with van der Waals surface area (Å²) >= 11 is 3.55. The van der Waals surface area contributed by atoms with E-state index in [-0.39, 0.29) is 12.6 Å². The van der Waals surface area contributed by atoms with Gasteiger partial charge in [0.05, 0.1) is 19.3 Å². The standard InChI is InChI=1S/C16H25BrN2O2/c1-21-9-7-18-11-13-10-14(17)5-6-16(13)19-8-3-2-4-15(19)12-20/h5-6,10,15,18,20H,2-4,7-9,11-12H2,1H3. The number of aliphatic hydroxyl groups excluding tert-OH is 1. The summed E-state index contributed by atoms with van der Waals surface area (Å²) < 4.78 is 6.16. The van der Waals surface area contributed by atoms with Crippen LogP contribution in [0.15, 0.2) is 22.7 Å². The van der Waals surface area contributed by atoms with Gasteiger partial charge in [-0.25, -0.2) is 0 Å². The van der Waals surface area contributed by atoms with Crippen LogP contribution in [-0.2, 0) is 11.3 Å². The summed E-state index contributed by atoms with van der Waals surface area (Å²) in [5.74, 6) is 0. The van der Waals surface area contributed by atoms with E-state index < -0.39 is 0 Å². The van der Waals surface area contributed by atoms with Gasteiger partial charge >= 0.3 is 0 Å². The van der Waals surface area contributed by atoms with Crippen molar-refractivity contribution in [3.63, 3.8) is 0 Å². The fraction of sp³-hybridized carbons (Fsp3) is 0.625. The molecule has 4 nitrogen and oxygen atoms in total. The largest absolute Gasteiger partial charge is 0.394 e. The van der Waals surface area contributed by atoms with E-state index >= 15 is 0 Å². The summed E-state index contributed by atoms with van der Waals surface area (Å²) in [6, 6.07) is 6.65. The molecule has 1 aromatic rings. The molecule has 5 heteroatoms. The molecule has 1 saturated heterocycles. The minimum absolute atomic E-state index is 0.229. The van der Waals surface area contributed by atoms with E-state index in [1.807, 2.05) is 0 Å². The van der Waals surface area contributed by atoms with Crippen molar-refractivity contribution in [3.05, 3.63) is 28.2 Å². The highest BCUT2D eigenvalue weighted by Gasteiger charge is 2.23. The Labute approximate surface area is 135 Å². The molecule has 2 N–H and O–H groups in total. The Balaban J connectivity index is 2.13. The lowest BCUT2D eigenvalue weighted by Crippen LogP contribution is -2.42. The van der Waals surface area contributed by atoms with Crippen LogP contribution in [0.3, 0.4) is 0 Å². The molecule has 0 aromatic heterocycles. The van der Waals surface area contributed by atoms with Crippen LogP contribution in [-0.4, -0.2) is 44.6 Å². The maximum absolute atomic E-state index is 9.63. The third kappa shape index (κ3) is 4.68. The Morgan fingerprint density at radius 3 is 3.05 bits per heavy atom. The van der Waals surface area contributed by atoms with E-state index in [4.69, 9.17) is 4.74 Å². The quantitative estimate of drug-likeness (QED) is 0.737. The van der Waals surface area contributed by atoms with Crippen LogP contribution in [0.1, 0.15) is 24.8 Å². The van der Waals surface area contributed by atoms with Crippen molar-refractivity contribution >= 4 is 21.6 Å². The molecule has 118 valence electrons. The second kappa shape index (κ2) is 8.73. The number of hydrogen-bond acceptors (Lipinski definition) is 4. The molecule has 0 saturated carbocycles. The van der Waals surface area contributed by atoms with Crippen molar-refractivity contribution in [1.82, 2.24) is 5.32 Å². The second-order valence-corrected chi connectivity index (χ2v) is 6.38. The molecular formula is C16H25BrN2O2. The first-order valence-corrected chi connectivity index (χ1v) is 8.41. The average molecular weight is 357 g/mol. The van der Waals surface area contributed by atoms with Gasteiger partial charge in [0.1, 0.15) is 0 Å². The predicted molar refractivity (Wildman–Crippen MR) is 89.8 cm³/mol. The molecule has 1 fully saturated rings. The Morgan fingerprint density at radius 1 is 1.43 bits per heavy atom. The van der Waals surface area contributed by atoms with E-state index in [0.717, 1.165) is 30.5 Å². The molecule has 0 spiro atoms. The average Bonchev–Trinajstić information content (AvgIpc) is 2.52. The minimum Gasteiger partial charge on any atom is -0.394 e. The van der Waals surface area contributed by atoms with Gasteiger partial charge in [0.15, 0.2) is 0 Å². The number of nitrogens with zero attached hydrogens (tertiary/aromatic N) is 1. The first-order chi connectivity index (χ1) is 10.3. The highest BCUT2D eigenvalue weighted by Crippen LogP contribution is 2.30. The maximum atomic E-state index is 9.63. The zero-order valence-corrected chi connectivity index (χ0v) is 14.2. The number of methoxy groups -OCH3 is 1. The van der Waals surface area contributed by atoms with Crippen molar-refractivity contribution in [2.24, 2.45) is 0 Å². The van der Waals surface area contributed by atoms with Crippen LogP contribution >= 0.6 is 15.9 Å². The van der Waals surface area contributed by atoms with E-state index in [0.29, 0.717) is 6.61 Å². The zero-order chi connectivity index (χ0) is 15.1. The lowest BCUT2D eigenvalue weighted by atomic mass is 10.00. The van der Waals surface area contributed by atoms with Gasteiger partial charge in [-0.1, -0.05) is 15.9 Å². The van der Waals surface area contributed by atoms with Gasteiger partial charge in [-0.05, 0) is 43.0 Å². The molecule has 1 aliphatic heterocycles. The number of piperidine rings is 1. The molecule has 1 aromatic carbocycles. The van der Waals surface area contributed by atoms with Crippen LogP contribution in [0, 0.1) is 0 Å². The minimum atomic E-state index is 0.229. The molecule has 1 aliphatic rings. The van der Waals surface area contributed by atoms with Crippen molar-refractivity contribution < 1.29 is 9.84 Å². The number of hydrogen-bond donors (Lipinski definition) is 2. The molecule has 21 heavy (non-hydrogen) atoms. The number of aliphatic hydroxyl groups is 1. The van der Waals surface area contributed by atoms with Gasteiger partial charge in [-0.2, -0.15) is 0 Å². The fourth-order valence-electron chi connectivity index (χ4n) is 2.88. The lowest BCUT2D eigenvalue weighted by Gasteiger charge is -2.37. The zero-order valence-electron chi connectivity index (χ0n) is 12.6. The topological polar surface area (TPSA) is 44.7 Å². The molecule has 0 bridgehead atoms. The molecule has 0 amide bonds. The summed E-state index contributed by atoms with van der Waals surface area (Å²) in [7, 11) is 1.71. The Bertz CT molecular complexity index is 442. The molecule has 1 atom stereocenters. The van der Waals surface area contributed by atoms with Gasteiger partial charge in [0, 0.05) is 36.9 Å². The first-order valence-electron chi connectivity index (χ1n) is 7.62. The highest BCUT2D eigenvalue weighted by atomic mass is 79.9.